The van der Waals surface area contributed by atoms with E-state index in [2.05, 4.69) is 41.3 Å². The Morgan fingerprint density at radius 1 is 0.879 bits per heavy atom. The van der Waals surface area contributed by atoms with Crippen molar-refractivity contribution >= 4 is 17.4 Å². The van der Waals surface area contributed by atoms with Gasteiger partial charge in [0.25, 0.3) is 0 Å². The van der Waals surface area contributed by atoms with E-state index in [0.29, 0.717) is 24.8 Å². The van der Waals surface area contributed by atoms with Gasteiger partial charge in [0.2, 0.25) is 5.91 Å². The summed E-state index contributed by atoms with van der Waals surface area (Å²) in [5.41, 5.74) is 7.48. The first-order valence-corrected chi connectivity index (χ1v) is 13.0. The van der Waals surface area contributed by atoms with Crippen molar-refractivity contribution in [2.24, 2.45) is 5.92 Å². The number of anilines is 1. The molecule has 1 unspecified atom stereocenters. The van der Waals surface area contributed by atoms with Crippen molar-refractivity contribution in [3.63, 3.8) is 0 Å². The Morgan fingerprint density at radius 3 is 2.52 bits per heavy atom. The lowest BCUT2D eigenvalue weighted by atomic mass is 9.84. The molecule has 2 aromatic carbocycles. The SMILES string of the molecule is O=C(CCC1CCN(C2CCCc3ccccc32)CC1)c1cc2c3c(c1)CCN3C(=O)CC2. The van der Waals surface area contributed by atoms with Gasteiger partial charge in [-0.2, -0.15) is 0 Å². The molecule has 3 heterocycles. The zero-order valence-electron chi connectivity index (χ0n) is 19.5. The summed E-state index contributed by atoms with van der Waals surface area (Å²) < 4.78 is 0. The Kier molecular flexibility index (Phi) is 5.57. The van der Waals surface area contributed by atoms with Gasteiger partial charge in [0.05, 0.1) is 5.69 Å². The van der Waals surface area contributed by atoms with Gasteiger partial charge in [-0.1, -0.05) is 24.3 Å². The van der Waals surface area contributed by atoms with Crippen LogP contribution in [0, 0.1) is 5.92 Å². The van der Waals surface area contributed by atoms with Gasteiger partial charge in [-0.05, 0) is 105 Å². The molecule has 0 bridgehead atoms. The number of piperidine rings is 1. The quantitative estimate of drug-likeness (QED) is 0.592. The van der Waals surface area contributed by atoms with Crippen LogP contribution in [0.1, 0.15) is 83.6 Å². The van der Waals surface area contributed by atoms with Crippen LogP contribution in [0.15, 0.2) is 36.4 Å². The Balaban J connectivity index is 1.05. The molecule has 0 spiro atoms. The van der Waals surface area contributed by atoms with Gasteiger partial charge in [0.15, 0.2) is 5.78 Å². The van der Waals surface area contributed by atoms with Crippen LogP contribution >= 0.6 is 0 Å². The average molecular weight is 443 g/mol. The van der Waals surface area contributed by atoms with E-state index >= 15 is 0 Å². The number of nitrogens with zero attached hydrogens (tertiary/aromatic N) is 2. The number of hydrogen-bond donors (Lipinski definition) is 0. The van der Waals surface area contributed by atoms with Crippen LogP contribution in [-0.2, 0) is 24.1 Å². The third kappa shape index (κ3) is 3.93. The first kappa shape index (κ1) is 21.1. The zero-order chi connectivity index (χ0) is 22.4. The molecule has 0 radical (unpaired) electrons. The second-order valence-electron chi connectivity index (χ2n) is 10.5. The lowest BCUT2D eigenvalue weighted by Crippen LogP contribution is -2.38. The molecule has 4 aliphatic rings. The molecule has 6 rings (SSSR count). The highest BCUT2D eigenvalue weighted by molar-refractivity contribution is 6.02. The number of aryl methyl sites for hydroxylation is 2. The predicted molar refractivity (Wildman–Crippen MR) is 131 cm³/mol. The van der Waals surface area contributed by atoms with Crippen molar-refractivity contribution < 1.29 is 9.59 Å². The van der Waals surface area contributed by atoms with Crippen molar-refractivity contribution in [2.75, 3.05) is 24.5 Å². The van der Waals surface area contributed by atoms with Crippen molar-refractivity contribution in [3.8, 4) is 0 Å². The topological polar surface area (TPSA) is 40.6 Å². The number of rotatable bonds is 5. The Hall–Kier alpha value is -2.46. The van der Waals surface area contributed by atoms with Crippen LogP contribution in [-0.4, -0.2) is 36.2 Å². The fourth-order valence-electron chi connectivity index (χ4n) is 6.76. The molecule has 1 fully saturated rings. The first-order chi connectivity index (χ1) is 16.2. The molecule has 4 heteroatoms. The maximum atomic E-state index is 13.1. The van der Waals surface area contributed by atoms with Gasteiger partial charge in [0, 0.05) is 31.0 Å². The summed E-state index contributed by atoms with van der Waals surface area (Å²) in [7, 11) is 0. The van der Waals surface area contributed by atoms with Crippen molar-refractivity contribution in [1.29, 1.82) is 0 Å². The number of fused-ring (bicyclic) bond motifs is 1. The maximum Gasteiger partial charge on any atom is 0.227 e. The van der Waals surface area contributed by atoms with Crippen molar-refractivity contribution in [1.82, 2.24) is 4.90 Å². The summed E-state index contributed by atoms with van der Waals surface area (Å²) in [5.74, 6) is 1.18. The lowest BCUT2D eigenvalue weighted by Gasteiger charge is -2.40. The minimum Gasteiger partial charge on any atom is -0.312 e. The fourth-order valence-corrected chi connectivity index (χ4v) is 6.76. The number of likely N-dealkylation sites (tertiary alicyclic amines) is 1. The second kappa shape index (κ2) is 8.72. The van der Waals surface area contributed by atoms with E-state index < -0.39 is 0 Å². The fraction of sp³-hybridized carbons (Fsp3) is 0.517. The van der Waals surface area contributed by atoms with E-state index in [1.807, 2.05) is 4.90 Å². The molecule has 33 heavy (non-hydrogen) atoms. The third-order valence-corrected chi connectivity index (χ3v) is 8.58. The van der Waals surface area contributed by atoms with Crippen LogP contribution in [0.3, 0.4) is 0 Å². The molecule has 172 valence electrons. The van der Waals surface area contributed by atoms with E-state index in [4.69, 9.17) is 0 Å². The van der Waals surface area contributed by atoms with E-state index in [-0.39, 0.29) is 11.7 Å². The molecular weight excluding hydrogens is 408 g/mol. The first-order valence-electron chi connectivity index (χ1n) is 13.0. The summed E-state index contributed by atoms with van der Waals surface area (Å²) in [6.07, 6.45) is 10.1. The molecule has 0 aromatic heterocycles. The molecule has 1 amide bonds. The molecule has 1 aliphatic carbocycles. The molecule has 4 nitrogen and oxygen atoms in total. The largest absolute Gasteiger partial charge is 0.312 e. The molecule has 1 saturated heterocycles. The zero-order valence-corrected chi connectivity index (χ0v) is 19.5. The molecule has 3 aliphatic heterocycles. The molecule has 2 aromatic rings. The Morgan fingerprint density at radius 2 is 1.67 bits per heavy atom. The molecule has 1 atom stereocenters. The summed E-state index contributed by atoms with van der Waals surface area (Å²) in [4.78, 5) is 29.9. The second-order valence-corrected chi connectivity index (χ2v) is 10.5. The van der Waals surface area contributed by atoms with E-state index in [1.54, 1.807) is 11.1 Å². The van der Waals surface area contributed by atoms with Gasteiger partial charge in [0.1, 0.15) is 0 Å². The normalized spacial score (nSPS) is 22.8. The molecule has 0 N–H and O–H groups in total. The van der Waals surface area contributed by atoms with Crippen LogP contribution in [0.5, 0.6) is 0 Å². The van der Waals surface area contributed by atoms with E-state index in [1.165, 1.54) is 43.2 Å². The maximum absolute atomic E-state index is 13.1. The van der Waals surface area contributed by atoms with E-state index in [9.17, 15) is 9.59 Å². The highest BCUT2D eigenvalue weighted by atomic mass is 16.2. The standard InChI is InChI=1S/C29H34N2O2/c32-27(24-18-22-9-11-28(33)31-17-14-23(19-24)29(22)31)10-8-20-12-15-30(16-13-20)26-7-3-5-21-4-1-2-6-25(21)26/h1-2,4,6,18-20,26H,3,5,7-17H2. The highest BCUT2D eigenvalue weighted by Crippen LogP contribution is 2.39. The highest BCUT2D eigenvalue weighted by Gasteiger charge is 2.32. The number of amides is 1. The molecule has 0 saturated carbocycles. The number of carbonyl (C=O) groups excluding carboxylic acids is 2. The van der Waals surface area contributed by atoms with Gasteiger partial charge in [-0.25, -0.2) is 0 Å². The number of ketones is 1. The summed E-state index contributed by atoms with van der Waals surface area (Å²) >= 11 is 0. The lowest BCUT2D eigenvalue weighted by molar-refractivity contribution is -0.118. The molecular formula is C29H34N2O2. The monoisotopic (exact) mass is 442 g/mol. The third-order valence-electron chi connectivity index (χ3n) is 8.58. The predicted octanol–water partition coefficient (Wildman–Crippen LogP) is 5.27. The number of Topliss-reactive ketones (excluding diaryl/α,β-unsaturated/α-hetero) is 1. The Labute approximate surface area is 197 Å². The number of benzene rings is 2. The minimum atomic E-state index is 0.239. The van der Waals surface area contributed by atoms with Crippen LogP contribution in [0.25, 0.3) is 0 Å². The van der Waals surface area contributed by atoms with Crippen LogP contribution in [0.4, 0.5) is 5.69 Å². The minimum absolute atomic E-state index is 0.239. The van der Waals surface area contributed by atoms with Crippen molar-refractivity contribution in [2.45, 2.75) is 70.3 Å². The summed E-state index contributed by atoms with van der Waals surface area (Å²) in [6.45, 7) is 3.10. The Bertz CT molecular complexity index is 1080. The summed E-state index contributed by atoms with van der Waals surface area (Å²) in [5, 5.41) is 0. The number of hydrogen-bond acceptors (Lipinski definition) is 3. The average Bonchev–Trinajstić information content (AvgIpc) is 3.30. The summed E-state index contributed by atoms with van der Waals surface area (Å²) in [6, 6.07) is 13.8. The van der Waals surface area contributed by atoms with Crippen LogP contribution < -0.4 is 4.90 Å². The van der Waals surface area contributed by atoms with Gasteiger partial charge < -0.3 is 4.90 Å². The van der Waals surface area contributed by atoms with Crippen molar-refractivity contribution in [3.05, 3.63) is 64.2 Å². The van der Waals surface area contributed by atoms with Crippen LogP contribution in [0.2, 0.25) is 0 Å². The van der Waals surface area contributed by atoms with Gasteiger partial charge >= 0.3 is 0 Å². The van der Waals surface area contributed by atoms with Gasteiger partial charge in [-0.3, -0.25) is 14.5 Å². The smallest absolute Gasteiger partial charge is 0.227 e. The van der Waals surface area contributed by atoms with Gasteiger partial charge in [-0.15, -0.1) is 0 Å². The van der Waals surface area contributed by atoms with E-state index in [0.717, 1.165) is 50.1 Å². The number of carbonyl (C=O) groups is 2.